The molecule has 0 aliphatic heterocycles. The fraction of sp³-hybridized carbons (Fsp3) is 0.200. The molecule has 0 fully saturated rings. The van der Waals surface area contributed by atoms with Crippen LogP contribution in [0, 0.1) is 0 Å². The van der Waals surface area contributed by atoms with Gasteiger partial charge in [0.05, 0.1) is 5.39 Å². The third-order valence-corrected chi connectivity index (χ3v) is 2.31. The molecular formula is C10H9N3O3. The van der Waals surface area contributed by atoms with Crippen molar-refractivity contribution in [3.8, 4) is 0 Å². The molecule has 0 saturated carbocycles. The van der Waals surface area contributed by atoms with E-state index in [4.69, 9.17) is 0 Å². The smallest absolute Gasteiger partial charge is 0.298 e. The number of pyridine rings is 1. The molecule has 82 valence electrons. The van der Waals surface area contributed by atoms with E-state index in [9.17, 15) is 14.4 Å². The lowest BCUT2D eigenvalue weighted by Gasteiger charge is -2.05. The highest BCUT2D eigenvalue weighted by atomic mass is 16.2. The summed E-state index contributed by atoms with van der Waals surface area (Å²) in [5.74, 6) is 0. The van der Waals surface area contributed by atoms with Crippen LogP contribution in [0.25, 0.3) is 11.0 Å². The van der Waals surface area contributed by atoms with Crippen LogP contribution >= 0.6 is 0 Å². The second-order valence-electron chi connectivity index (χ2n) is 3.26. The van der Waals surface area contributed by atoms with Crippen LogP contribution in [0.1, 0.15) is 17.3 Å². The first-order chi connectivity index (χ1) is 7.67. The summed E-state index contributed by atoms with van der Waals surface area (Å²) in [6, 6.07) is 1.42. The Bertz CT molecular complexity index is 669. The van der Waals surface area contributed by atoms with E-state index in [1.807, 2.05) is 0 Å². The Morgan fingerprint density at radius 2 is 2.25 bits per heavy atom. The van der Waals surface area contributed by atoms with E-state index in [1.54, 1.807) is 6.92 Å². The van der Waals surface area contributed by atoms with Gasteiger partial charge in [-0.15, -0.1) is 0 Å². The summed E-state index contributed by atoms with van der Waals surface area (Å²) in [5.41, 5.74) is -0.423. The van der Waals surface area contributed by atoms with Crippen LogP contribution in [-0.2, 0) is 6.54 Å². The second kappa shape index (κ2) is 3.73. The zero-order valence-corrected chi connectivity index (χ0v) is 8.56. The van der Waals surface area contributed by atoms with Crippen LogP contribution in [0.4, 0.5) is 0 Å². The van der Waals surface area contributed by atoms with Crippen molar-refractivity contribution in [3.05, 3.63) is 38.7 Å². The van der Waals surface area contributed by atoms with Crippen molar-refractivity contribution in [1.82, 2.24) is 14.5 Å². The van der Waals surface area contributed by atoms with Crippen LogP contribution in [0.3, 0.4) is 0 Å². The molecule has 0 aromatic carbocycles. The molecule has 2 aromatic heterocycles. The standard InChI is InChI=1S/C10H9N3O3/c1-2-13-8-7(9(15)12-10(13)16)3-6(5-14)4-11-8/h3-5H,2H2,1H3,(H,12,15,16). The summed E-state index contributed by atoms with van der Waals surface area (Å²) in [4.78, 5) is 39.6. The third kappa shape index (κ3) is 1.44. The van der Waals surface area contributed by atoms with Gasteiger partial charge in [0, 0.05) is 18.3 Å². The number of carbonyl (C=O) groups excluding carboxylic acids is 1. The van der Waals surface area contributed by atoms with E-state index in [0.717, 1.165) is 0 Å². The lowest BCUT2D eigenvalue weighted by molar-refractivity contribution is 0.112. The molecule has 0 bridgehead atoms. The van der Waals surface area contributed by atoms with E-state index < -0.39 is 11.2 Å². The number of fused-ring (bicyclic) bond motifs is 1. The van der Waals surface area contributed by atoms with Crippen molar-refractivity contribution in [3.63, 3.8) is 0 Å². The fourth-order valence-electron chi connectivity index (χ4n) is 1.54. The minimum absolute atomic E-state index is 0.242. The maximum atomic E-state index is 11.5. The number of carbonyl (C=O) groups is 1. The molecule has 0 unspecified atom stereocenters. The van der Waals surface area contributed by atoms with E-state index in [-0.39, 0.29) is 5.39 Å². The van der Waals surface area contributed by atoms with Crippen LogP contribution in [-0.4, -0.2) is 20.8 Å². The third-order valence-electron chi connectivity index (χ3n) is 2.31. The largest absolute Gasteiger partial charge is 0.329 e. The molecule has 0 radical (unpaired) electrons. The molecule has 0 atom stereocenters. The summed E-state index contributed by atoms with van der Waals surface area (Å²) < 4.78 is 1.34. The van der Waals surface area contributed by atoms with Crippen molar-refractivity contribution in [2.24, 2.45) is 0 Å². The molecule has 2 heterocycles. The number of hydrogen-bond acceptors (Lipinski definition) is 4. The summed E-state index contributed by atoms with van der Waals surface area (Å²) in [6.07, 6.45) is 1.94. The van der Waals surface area contributed by atoms with Gasteiger partial charge < -0.3 is 0 Å². The Balaban J connectivity index is 2.98. The van der Waals surface area contributed by atoms with E-state index in [1.165, 1.54) is 16.8 Å². The quantitative estimate of drug-likeness (QED) is 0.716. The minimum atomic E-state index is -0.527. The predicted molar refractivity (Wildman–Crippen MR) is 57.7 cm³/mol. The molecule has 16 heavy (non-hydrogen) atoms. The highest BCUT2D eigenvalue weighted by Gasteiger charge is 2.07. The van der Waals surface area contributed by atoms with E-state index >= 15 is 0 Å². The van der Waals surface area contributed by atoms with Crippen LogP contribution in [0.2, 0.25) is 0 Å². The molecule has 0 aliphatic carbocycles. The normalized spacial score (nSPS) is 10.6. The van der Waals surface area contributed by atoms with Crippen LogP contribution in [0.5, 0.6) is 0 Å². The van der Waals surface area contributed by atoms with Crippen molar-refractivity contribution in [2.45, 2.75) is 13.5 Å². The number of H-pyrrole nitrogens is 1. The zero-order valence-electron chi connectivity index (χ0n) is 8.56. The molecule has 2 aromatic rings. The number of hydrogen-bond donors (Lipinski definition) is 1. The first-order valence-electron chi connectivity index (χ1n) is 4.75. The average molecular weight is 219 g/mol. The summed E-state index contributed by atoms with van der Waals surface area (Å²) >= 11 is 0. The highest BCUT2D eigenvalue weighted by Crippen LogP contribution is 2.05. The minimum Gasteiger partial charge on any atom is -0.298 e. The maximum Gasteiger partial charge on any atom is 0.329 e. The van der Waals surface area contributed by atoms with Gasteiger partial charge in [-0.25, -0.2) is 9.78 Å². The van der Waals surface area contributed by atoms with Crippen molar-refractivity contribution in [2.75, 3.05) is 0 Å². The van der Waals surface area contributed by atoms with E-state index in [0.29, 0.717) is 24.0 Å². The summed E-state index contributed by atoms with van der Waals surface area (Å²) in [6.45, 7) is 2.17. The number of aryl methyl sites for hydroxylation is 1. The summed E-state index contributed by atoms with van der Waals surface area (Å²) in [5, 5.41) is 0.242. The van der Waals surface area contributed by atoms with Crippen molar-refractivity contribution < 1.29 is 4.79 Å². The van der Waals surface area contributed by atoms with Gasteiger partial charge in [0.15, 0.2) is 6.29 Å². The first kappa shape index (κ1) is 10.3. The molecule has 6 heteroatoms. The number of nitrogens with one attached hydrogen (secondary N) is 1. The lowest BCUT2D eigenvalue weighted by atomic mass is 10.2. The number of rotatable bonds is 2. The molecule has 6 nitrogen and oxygen atoms in total. The number of aromatic nitrogens is 3. The zero-order chi connectivity index (χ0) is 11.7. The van der Waals surface area contributed by atoms with Gasteiger partial charge in [-0.1, -0.05) is 0 Å². The molecule has 0 amide bonds. The van der Waals surface area contributed by atoms with Crippen LogP contribution < -0.4 is 11.2 Å². The van der Waals surface area contributed by atoms with Crippen LogP contribution in [0.15, 0.2) is 21.9 Å². The van der Waals surface area contributed by atoms with Gasteiger partial charge in [-0.05, 0) is 13.0 Å². The molecule has 0 aliphatic rings. The van der Waals surface area contributed by atoms with Gasteiger partial charge in [-0.2, -0.15) is 0 Å². The van der Waals surface area contributed by atoms with Gasteiger partial charge in [0.1, 0.15) is 5.65 Å². The van der Waals surface area contributed by atoms with Gasteiger partial charge in [0.25, 0.3) is 5.56 Å². The van der Waals surface area contributed by atoms with Crippen molar-refractivity contribution in [1.29, 1.82) is 0 Å². The predicted octanol–water partition coefficient (Wildman–Crippen LogP) is -0.0828. The number of aromatic amines is 1. The average Bonchev–Trinajstić information content (AvgIpc) is 2.29. The molecule has 2 rings (SSSR count). The lowest BCUT2D eigenvalue weighted by Crippen LogP contribution is -2.30. The fourth-order valence-corrected chi connectivity index (χ4v) is 1.54. The molecule has 0 saturated heterocycles. The van der Waals surface area contributed by atoms with Gasteiger partial charge in [0.2, 0.25) is 0 Å². The Morgan fingerprint density at radius 3 is 2.88 bits per heavy atom. The van der Waals surface area contributed by atoms with Gasteiger partial charge in [-0.3, -0.25) is 19.1 Å². The Kier molecular flexibility index (Phi) is 2.40. The van der Waals surface area contributed by atoms with E-state index in [2.05, 4.69) is 9.97 Å². The highest BCUT2D eigenvalue weighted by molar-refractivity contribution is 5.83. The maximum absolute atomic E-state index is 11.5. The monoisotopic (exact) mass is 219 g/mol. The number of nitrogens with zero attached hydrogens (tertiary/aromatic N) is 2. The Morgan fingerprint density at radius 1 is 1.50 bits per heavy atom. The topological polar surface area (TPSA) is 84.8 Å². The summed E-state index contributed by atoms with van der Waals surface area (Å²) in [7, 11) is 0. The Labute approximate surface area is 89.6 Å². The molecule has 0 spiro atoms. The first-order valence-corrected chi connectivity index (χ1v) is 4.75. The molecule has 1 N–H and O–H groups in total. The van der Waals surface area contributed by atoms with Crippen molar-refractivity contribution >= 4 is 17.3 Å². The second-order valence-corrected chi connectivity index (χ2v) is 3.26. The van der Waals surface area contributed by atoms with Gasteiger partial charge >= 0.3 is 5.69 Å². The SMILES string of the molecule is CCn1c(=O)[nH]c(=O)c2cc(C=O)cnc21. The Hall–Kier alpha value is -2.24. The number of aldehydes is 1. The molecular weight excluding hydrogens is 210 g/mol.